The number of ether oxygens (including phenoxy) is 2. The summed E-state index contributed by atoms with van der Waals surface area (Å²) in [7, 11) is 0. The number of aromatic nitrogens is 2. The van der Waals surface area contributed by atoms with E-state index in [1.165, 1.54) is 4.90 Å². The summed E-state index contributed by atoms with van der Waals surface area (Å²) in [6.45, 7) is 2.73. The highest BCUT2D eigenvalue weighted by atomic mass is 16.6. The number of benzene rings is 4. The fraction of sp³-hybridized carbons (Fsp3) is 0.367. The average molecular weight is 1100 g/mol. The molecule has 3 aliphatic rings. The number of nitrogens with zero attached hydrogens (tertiary/aromatic N) is 3. The highest BCUT2D eigenvalue weighted by molar-refractivity contribution is 5.99. The fourth-order valence-corrected chi connectivity index (χ4v) is 10.5. The molecule has 0 aliphatic carbocycles. The first-order valence-corrected chi connectivity index (χ1v) is 27.6. The van der Waals surface area contributed by atoms with Crippen LogP contribution in [0.5, 0.6) is 5.75 Å². The molecule has 21 nitrogen and oxygen atoms in total. The van der Waals surface area contributed by atoms with Crippen LogP contribution in [-0.4, -0.2) is 156 Å². The van der Waals surface area contributed by atoms with Crippen LogP contribution in [0.2, 0.25) is 0 Å². The van der Waals surface area contributed by atoms with Gasteiger partial charge in [-0.05, 0) is 64.9 Å². The molecule has 0 radical (unpaired) electrons. The number of alkyl carbamates (subject to hydrolysis) is 1. The molecule has 81 heavy (non-hydrogen) atoms. The van der Waals surface area contributed by atoms with E-state index in [-0.39, 0.29) is 58.3 Å². The third-order valence-electron chi connectivity index (χ3n) is 14.8. The number of amides is 7. The van der Waals surface area contributed by atoms with Crippen molar-refractivity contribution in [3.8, 4) is 5.75 Å². The Morgan fingerprint density at radius 1 is 0.642 bits per heavy atom. The third-order valence-corrected chi connectivity index (χ3v) is 14.8. The van der Waals surface area contributed by atoms with Crippen molar-refractivity contribution in [2.75, 3.05) is 52.4 Å². The van der Waals surface area contributed by atoms with E-state index >= 15 is 28.8 Å². The molecule has 7 atom stereocenters. The van der Waals surface area contributed by atoms with Crippen molar-refractivity contribution in [3.63, 3.8) is 0 Å². The Kier molecular flexibility index (Phi) is 19.7. The number of para-hydroxylation sites is 1. The summed E-state index contributed by atoms with van der Waals surface area (Å²) in [6.07, 6.45) is 3.13. The van der Waals surface area contributed by atoms with Crippen molar-refractivity contribution in [2.24, 2.45) is 5.73 Å². The maximum absolute atomic E-state index is 15.4. The number of fused-ring (bicyclic) bond motifs is 2. The Labute approximate surface area is 469 Å². The summed E-state index contributed by atoms with van der Waals surface area (Å²) in [4.78, 5) is 115. The molecule has 6 aromatic rings. The summed E-state index contributed by atoms with van der Waals surface area (Å²) in [5.74, 6) is -3.63. The molecule has 0 saturated carbocycles. The van der Waals surface area contributed by atoms with Gasteiger partial charge in [0.2, 0.25) is 35.4 Å². The van der Waals surface area contributed by atoms with Crippen molar-refractivity contribution in [3.05, 3.63) is 168 Å². The first kappa shape index (κ1) is 57.0. The highest BCUT2D eigenvalue weighted by Crippen LogP contribution is 2.25. The topological polar surface area (TPSA) is 283 Å². The van der Waals surface area contributed by atoms with Gasteiger partial charge in [-0.3, -0.25) is 38.7 Å². The number of hydrogen-bond acceptors (Lipinski definition) is 13. The minimum Gasteiger partial charge on any atom is -0.489 e. The van der Waals surface area contributed by atoms with E-state index in [2.05, 4.69) is 47.2 Å². The number of carbonyl (C=O) groups excluding carboxylic acids is 7. The van der Waals surface area contributed by atoms with Gasteiger partial charge in [-0.25, -0.2) is 4.79 Å². The van der Waals surface area contributed by atoms with E-state index in [1.807, 2.05) is 89.8 Å². The Morgan fingerprint density at radius 3 is 1.98 bits per heavy atom. The van der Waals surface area contributed by atoms with Crippen LogP contribution in [-0.2, 0) is 65.8 Å². The zero-order valence-corrected chi connectivity index (χ0v) is 45.0. The number of rotatable bonds is 17. The monoisotopic (exact) mass is 1100 g/mol. The van der Waals surface area contributed by atoms with Crippen molar-refractivity contribution in [1.82, 2.24) is 57.0 Å². The van der Waals surface area contributed by atoms with E-state index in [9.17, 15) is 4.79 Å². The average Bonchev–Trinajstić information content (AvgIpc) is 4.11. The lowest BCUT2D eigenvalue weighted by atomic mass is 10.0. The zero-order valence-electron chi connectivity index (χ0n) is 45.0. The van der Waals surface area contributed by atoms with Crippen LogP contribution in [0.4, 0.5) is 4.79 Å². The van der Waals surface area contributed by atoms with E-state index < -0.39 is 83.9 Å². The molecule has 1 unspecified atom stereocenters. The number of pyridine rings is 1. The Hall–Kier alpha value is -8.66. The molecule has 3 saturated heterocycles. The Balaban J connectivity index is 1.10. The molecule has 4 aromatic carbocycles. The van der Waals surface area contributed by atoms with Crippen LogP contribution in [0, 0.1) is 0 Å². The maximum Gasteiger partial charge on any atom is 0.407 e. The van der Waals surface area contributed by atoms with Gasteiger partial charge in [0.25, 0.3) is 0 Å². The van der Waals surface area contributed by atoms with Crippen LogP contribution in [0.25, 0.3) is 10.9 Å². The molecule has 0 spiro atoms. The van der Waals surface area contributed by atoms with Gasteiger partial charge >= 0.3 is 6.09 Å². The lowest BCUT2D eigenvalue weighted by Gasteiger charge is -2.33. The predicted molar refractivity (Wildman–Crippen MR) is 302 cm³/mol. The molecule has 0 bridgehead atoms. The molecule has 2 aromatic heterocycles. The minimum atomic E-state index is -1.37. The van der Waals surface area contributed by atoms with Gasteiger partial charge in [-0.15, -0.1) is 0 Å². The normalized spacial score (nSPS) is 22.5. The summed E-state index contributed by atoms with van der Waals surface area (Å²) < 4.78 is 11.8. The number of hydrogen-bond donors (Lipinski definition) is 9. The van der Waals surface area contributed by atoms with Crippen LogP contribution >= 0.6 is 0 Å². The lowest BCUT2D eigenvalue weighted by Crippen LogP contribution is -2.63. The zero-order chi connectivity index (χ0) is 56.5. The van der Waals surface area contributed by atoms with Gasteiger partial charge in [0, 0.05) is 101 Å². The minimum absolute atomic E-state index is 0.0204. The summed E-state index contributed by atoms with van der Waals surface area (Å²) in [5, 5.41) is 21.5. The summed E-state index contributed by atoms with van der Waals surface area (Å²) in [6, 6.07) is 29.3. The number of aryl methyl sites for hydroxylation is 1. The fourth-order valence-electron chi connectivity index (χ4n) is 10.5. The molecule has 3 aliphatic heterocycles. The first-order valence-electron chi connectivity index (χ1n) is 27.6. The lowest BCUT2D eigenvalue weighted by molar-refractivity contribution is -0.143. The quantitative estimate of drug-likeness (QED) is 0.0631. The standard InChI is InChI=1S/C60H70N12O9/c61-23-25-64-60(79)81-45-33-53-58(77)66-48(22-19-39-10-3-1-4-11-39)54(73)68-50(32-43-35-65-47-16-8-7-15-46(43)47)56(75)70-52(37-71-28-26-62-27-29-71)57(76)67-49(30-40-17-20-44(21-18-40)80-38-41-12-5-2-6-13-41)55(74)69-51(59(78)72(53)36-45)31-42-14-9-24-63-34-42/h1-18,20-21,24,34-35,45,48-53,62,65H,19,22-23,25-33,36-38,61H2,(H,64,79)(H,66,77)(H,67,76)(H,68,73)(H,69,74)(H,70,75)/t45?,48-,49-,50-,51-,52-,53-/m0/s1. The second-order valence-electron chi connectivity index (χ2n) is 20.6. The molecule has 10 N–H and O–H groups in total. The van der Waals surface area contributed by atoms with Crippen LogP contribution in [0.15, 0.2) is 140 Å². The van der Waals surface area contributed by atoms with Gasteiger partial charge < -0.3 is 62.3 Å². The number of H-pyrrole nitrogens is 1. The molecule has 5 heterocycles. The summed E-state index contributed by atoms with van der Waals surface area (Å²) in [5.41, 5.74) is 10.2. The SMILES string of the molecule is NCCNC(=O)OC1C[C@H]2C(=O)N[C@@H](CCc3ccccc3)C(=O)N[C@@H](Cc3c[nH]c4ccccc34)C(=O)N[C@@H](CN3CCNCC3)C(=O)N[C@@H](Cc3ccc(OCc4ccccc4)cc3)C(=O)N[C@@H](Cc3cccnc3)C(=O)N2C1. The molecular formula is C60H70N12O9. The van der Waals surface area contributed by atoms with Gasteiger partial charge in [-0.1, -0.05) is 97.1 Å². The van der Waals surface area contributed by atoms with Crippen molar-refractivity contribution < 1.29 is 43.0 Å². The number of carbonyl (C=O) groups is 7. The van der Waals surface area contributed by atoms with E-state index in [4.69, 9.17) is 15.2 Å². The van der Waals surface area contributed by atoms with E-state index in [0.717, 1.165) is 22.0 Å². The highest BCUT2D eigenvalue weighted by Gasteiger charge is 2.45. The van der Waals surface area contributed by atoms with Crippen molar-refractivity contribution in [2.45, 2.75) is 87.5 Å². The Morgan fingerprint density at radius 2 is 1.26 bits per heavy atom. The molecule has 21 heteroatoms. The predicted octanol–water partition coefficient (Wildman–Crippen LogP) is 1.80. The Bertz CT molecular complexity index is 3090. The number of piperazine rings is 1. The number of nitrogens with one attached hydrogen (secondary N) is 8. The van der Waals surface area contributed by atoms with E-state index in [0.29, 0.717) is 61.6 Å². The molecule has 3 fully saturated rings. The van der Waals surface area contributed by atoms with Gasteiger partial charge in [0.05, 0.1) is 6.54 Å². The maximum atomic E-state index is 15.4. The number of aromatic amines is 1. The molecule has 7 amide bonds. The second kappa shape index (κ2) is 28.0. The molecule has 9 rings (SSSR count). The van der Waals surface area contributed by atoms with Crippen molar-refractivity contribution >= 4 is 52.4 Å². The van der Waals surface area contributed by atoms with Gasteiger partial charge in [0.1, 0.15) is 54.7 Å². The third kappa shape index (κ3) is 15.8. The van der Waals surface area contributed by atoms with Gasteiger partial charge in [0.15, 0.2) is 0 Å². The smallest absolute Gasteiger partial charge is 0.407 e. The number of nitrogens with two attached hydrogens (primary N) is 1. The van der Waals surface area contributed by atoms with Crippen molar-refractivity contribution in [1.29, 1.82) is 0 Å². The molecule has 424 valence electrons. The largest absolute Gasteiger partial charge is 0.489 e. The molecular weight excluding hydrogens is 1030 g/mol. The van der Waals surface area contributed by atoms with Crippen LogP contribution in [0.3, 0.4) is 0 Å². The van der Waals surface area contributed by atoms with E-state index in [1.54, 1.807) is 55.0 Å². The van der Waals surface area contributed by atoms with Gasteiger partial charge in [-0.2, -0.15) is 0 Å². The summed E-state index contributed by atoms with van der Waals surface area (Å²) >= 11 is 0. The van der Waals surface area contributed by atoms with Crippen LogP contribution in [0.1, 0.15) is 40.7 Å². The van der Waals surface area contributed by atoms with Crippen LogP contribution < -0.4 is 47.7 Å². The first-order chi connectivity index (χ1) is 39.5. The second-order valence-corrected chi connectivity index (χ2v) is 20.6.